The van der Waals surface area contributed by atoms with Crippen molar-refractivity contribution in [3.05, 3.63) is 71.8 Å². The number of aliphatic hydroxyl groups excluding tert-OH is 4. The molecule has 4 unspecified atom stereocenters. The van der Waals surface area contributed by atoms with Crippen LogP contribution in [0.25, 0.3) is 0 Å². The van der Waals surface area contributed by atoms with Gasteiger partial charge in [-0.05, 0) is 58.6 Å². The third-order valence-electron chi connectivity index (χ3n) is 7.72. The molecular weight excluding hydrogens is 656 g/mol. The van der Waals surface area contributed by atoms with Crippen molar-refractivity contribution in [3.63, 3.8) is 0 Å². The summed E-state index contributed by atoms with van der Waals surface area (Å²) >= 11 is 0. The molecule has 0 aliphatic rings. The van der Waals surface area contributed by atoms with Gasteiger partial charge in [-0.2, -0.15) is 0 Å². The van der Waals surface area contributed by atoms with Crippen LogP contribution in [0, 0.1) is 0 Å². The number of ether oxygens (including phenoxy) is 1. The summed E-state index contributed by atoms with van der Waals surface area (Å²) in [6.45, 7) is 12.5. The van der Waals surface area contributed by atoms with Crippen LogP contribution in [0.5, 0.6) is 0 Å². The molecule has 11 N–H and O–H groups in total. The molecule has 14 heteroatoms. The molecule has 8 atom stereocenters. The van der Waals surface area contributed by atoms with E-state index in [9.17, 15) is 34.8 Å². The molecule has 288 valence electrons. The zero-order chi connectivity index (χ0) is 38.6. The van der Waals surface area contributed by atoms with Gasteiger partial charge in [0.15, 0.2) is 0 Å². The van der Waals surface area contributed by atoms with Crippen LogP contribution in [-0.4, -0.2) is 93.8 Å². The Balaban J connectivity index is 0.000000530. The lowest BCUT2D eigenvalue weighted by Gasteiger charge is -2.29. The van der Waals surface area contributed by atoms with Crippen LogP contribution < -0.4 is 32.3 Å². The quantitative estimate of drug-likeness (QED) is 0.0946. The standard InChI is InChI=1S/C21H35N3O5.C16H27N3O3/c1-6-10-16(24-20(28)29-21(3,4)5)18(26)19(27)22-13-17(25)23-14(2)15-11-8-7-9-12-15;1-3-7-13(17)15(21)16(22)18-10-14(20)19-11(2)12-8-5-4-6-9-12/h7-9,11-12,14,16,18-19,22,26-27H,6,10,13H2,1-5H3,(H,23,25)(H,24,28);4-6,8-9,11,13,15-16,18,21-22H,3,7,10,17H2,1-2H3,(H,19,20)/t14-,16?,18?,19+;11-,13?,15?,16+/m11/s1. The van der Waals surface area contributed by atoms with Crippen LogP contribution in [0.15, 0.2) is 60.7 Å². The van der Waals surface area contributed by atoms with Crippen molar-refractivity contribution < 1.29 is 39.5 Å². The molecule has 0 radical (unpaired) electrons. The number of amides is 3. The van der Waals surface area contributed by atoms with E-state index in [1.54, 1.807) is 20.8 Å². The normalized spacial score (nSPS) is 16.1. The number of aliphatic hydroxyl groups is 4. The third-order valence-corrected chi connectivity index (χ3v) is 7.72. The van der Waals surface area contributed by atoms with Gasteiger partial charge >= 0.3 is 6.09 Å². The Kier molecular flexibility index (Phi) is 21.2. The molecule has 3 amide bonds. The van der Waals surface area contributed by atoms with Crippen molar-refractivity contribution in [2.75, 3.05) is 13.1 Å². The van der Waals surface area contributed by atoms with E-state index in [2.05, 4.69) is 26.6 Å². The summed E-state index contributed by atoms with van der Waals surface area (Å²) in [7, 11) is 0. The van der Waals surface area contributed by atoms with Gasteiger partial charge in [-0.15, -0.1) is 0 Å². The summed E-state index contributed by atoms with van der Waals surface area (Å²) in [5, 5.41) is 53.7. The minimum absolute atomic E-state index is 0.0890. The van der Waals surface area contributed by atoms with Crippen LogP contribution in [0.3, 0.4) is 0 Å². The third kappa shape index (κ3) is 19.0. The molecule has 0 aliphatic carbocycles. The molecule has 0 spiro atoms. The maximum absolute atomic E-state index is 12.1. The first kappa shape index (κ1) is 45.4. The van der Waals surface area contributed by atoms with Crippen molar-refractivity contribution in [1.82, 2.24) is 26.6 Å². The Morgan fingerprint density at radius 1 is 0.686 bits per heavy atom. The monoisotopic (exact) mass is 718 g/mol. The highest BCUT2D eigenvalue weighted by molar-refractivity contribution is 5.79. The molecule has 0 saturated heterocycles. The second-order valence-electron chi connectivity index (χ2n) is 13.5. The number of hydrogen-bond donors (Lipinski definition) is 10. The van der Waals surface area contributed by atoms with Crippen molar-refractivity contribution in [3.8, 4) is 0 Å². The number of alkyl carbamates (subject to hydrolysis) is 1. The molecule has 2 aromatic rings. The highest BCUT2D eigenvalue weighted by Gasteiger charge is 2.29. The predicted molar refractivity (Wildman–Crippen MR) is 197 cm³/mol. The number of nitrogens with one attached hydrogen (secondary N) is 5. The number of carbonyl (C=O) groups is 3. The second-order valence-corrected chi connectivity index (χ2v) is 13.5. The Labute approximate surface area is 302 Å². The van der Waals surface area contributed by atoms with E-state index in [0.717, 1.165) is 17.5 Å². The van der Waals surface area contributed by atoms with Crippen LogP contribution >= 0.6 is 0 Å². The zero-order valence-electron chi connectivity index (χ0n) is 31.1. The number of benzene rings is 2. The van der Waals surface area contributed by atoms with Crippen molar-refractivity contribution in [1.29, 1.82) is 0 Å². The molecule has 0 bridgehead atoms. The van der Waals surface area contributed by atoms with Crippen molar-refractivity contribution in [2.45, 2.75) is 129 Å². The molecule has 0 aromatic heterocycles. The van der Waals surface area contributed by atoms with E-state index < -0.39 is 48.4 Å². The largest absolute Gasteiger partial charge is 0.444 e. The van der Waals surface area contributed by atoms with Gasteiger partial charge in [-0.25, -0.2) is 4.79 Å². The smallest absolute Gasteiger partial charge is 0.407 e. The summed E-state index contributed by atoms with van der Waals surface area (Å²) in [6.07, 6.45) is -3.14. The maximum Gasteiger partial charge on any atom is 0.407 e. The fourth-order valence-corrected chi connectivity index (χ4v) is 4.93. The number of hydrogen-bond acceptors (Lipinski definition) is 11. The summed E-state index contributed by atoms with van der Waals surface area (Å²) in [5.74, 6) is -0.577. The minimum atomic E-state index is -1.39. The van der Waals surface area contributed by atoms with Gasteiger partial charge in [0.2, 0.25) is 11.8 Å². The van der Waals surface area contributed by atoms with E-state index >= 15 is 0 Å². The molecule has 0 heterocycles. The number of nitrogens with two attached hydrogens (primary N) is 1. The van der Waals surface area contributed by atoms with E-state index in [4.69, 9.17) is 10.5 Å². The summed E-state index contributed by atoms with van der Waals surface area (Å²) in [4.78, 5) is 36.0. The van der Waals surface area contributed by atoms with Gasteiger partial charge in [-0.3, -0.25) is 20.2 Å². The van der Waals surface area contributed by atoms with Crippen LogP contribution in [0.2, 0.25) is 0 Å². The fourth-order valence-electron chi connectivity index (χ4n) is 4.93. The Hall–Kier alpha value is -3.63. The van der Waals surface area contributed by atoms with Gasteiger partial charge in [-0.1, -0.05) is 87.4 Å². The molecule has 2 aromatic carbocycles. The predicted octanol–water partition coefficient (Wildman–Crippen LogP) is 2.09. The fraction of sp³-hybridized carbons (Fsp3) is 0.595. The highest BCUT2D eigenvalue weighted by Crippen LogP contribution is 2.13. The van der Waals surface area contributed by atoms with Gasteiger partial charge in [0.05, 0.1) is 31.2 Å². The molecule has 14 nitrogen and oxygen atoms in total. The SMILES string of the molecule is CCCC(N)C(O)[C@H](O)NCC(=O)N[C@H](C)c1ccccc1.CCCC(NC(=O)OC(C)(C)C)C(O)[C@H](O)NCC(=O)N[C@H](C)c1ccccc1. The van der Waals surface area contributed by atoms with Crippen molar-refractivity contribution >= 4 is 17.9 Å². The highest BCUT2D eigenvalue weighted by atomic mass is 16.6. The van der Waals surface area contributed by atoms with E-state index in [1.165, 1.54) is 0 Å². The lowest BCUT2D eigenvalue weighted by Crippen LogP contribution is -2.55. The van der Waals surface area contributed by atoms with E-state index in [1.807, 2.05) is 88.4 Å². The molecule has 51 heavy (non-hydrogen) atoms. The average molecular weight is 719 g/mol. The number of rotatable bonds is 19. The lowest BCUT2D eigenvalue weighted by molar-refractivity contribution is -0.123. The topological polar surface area (TPSA) is 228 Å². The van der Waals surface area contributed by atoms with Crippen LogP contribution in [-0.2, 0) is 14.3 Å². The van der Waals surface area contributed by atoms with Crippen LogP contribution in [0.4, 0.5) is 4.79 Å². The summed E-state index contributed by atoms with van der Waals surface area (Å²) < 4.78 is 5.20. The summed E-state index contributed by atoms with van der Waals surface area (Å²) in [6, 6.07) is 17.6. The van der Waals surface area contributed by atoms with Gasteiger partial charge in [0.1, 0.15) is 30.3 Å². The molecule has 0 aliphatic heterocycles. The first-order valence-corrected chi connectivity index (χ1v) is 17.6. The molecule has 0 saturated carbocycles. The average Bonchev–Trinajstić information content (AvgIpc) is 3.09. The van der Waals surface area contributed by atoms with E-state index in [-0.39, 0.29) is 37.0 Å². The van der Waals surface area contributed by atoms with Gasteiger partial charge in [0.25, 0.3) is 0 Å². The number of carbonyl (C=O) groups excluding carboxylic acids is 3. The lowest BCUT2D eigenvalue weighted by atomic mass is 10.0. The maximum atomic E-state index is 12.1. The Morgan fingerprint density at radius 2 is 1.10 bits per heavy atom. The molecule has 2 rings (SSSR count). The minimum Gasteiger partial charge on any atom is -0.444 e. The first-order valence-electron chi connectivity index (χ1n) is 17.6. The van der Waals surface area contributed by atoms with Gasteiger partial charge < -0.3 is 46.8 Å². The zero-order valence-corrected chi connectivity index (χ0v) is 31.1. The van der Waals surface area contributed by atoms with Gasteiger partial charge in [0, 0.05) is 6.04 Å². The second kappa shape index (κ2) is 23.8. The van der Waals surface area contributed by atoms with E-state index in [0.29, 0.717) is 19.3 Å². The first-order chi connectivity index (χ1) is 24.0. The molecular formula is C37H62N6O8. The van der Waals surface area contributed by atoms with Crippen LogP contribution in [0.1, 0.15) is 97.4 Å². The summed E-state index contributed by atoms with van der Waals surface area (Å²) in [5.41, 5.74) is 7.04. The van der Waals surface area contributed by atoms with Crippen molar-refractivity contribution in [2.24, 2.45) is 5.73 Å². The molecule has 0 fully saturated rings. The Bertz CT molecular complexity index is 1270. The Morgan fingerprint density at radius 3 is 1.49 bits per heavy atom.